The van der Waals surface area contributed by atoms with Crippen LogP contribution in [0.25, 0.3) is 0 Å². The zero-order valence-electron chi connectivity index (χ0n) is 10.8. The average Bonchev–Trinajstić information content (AvgIpc) is 2.25. The summed E-state index contributed by atoms with van der Waals surface area (Å²) in [6, 6.07) is 9.32. The van der Waals surface area contributed by atoms with Crippen LogP contribution < -0.4 is 4.74 Å². The fourth-order valence-corrected chi connectivity index (χ4v) is 1.40. The number of rotatable bonds is 5. The van der Waals surface area contributed by atoms with Gasteiger partial charge in [-0.2, -0.15) is 0 Å². The summed E-state index contributed by atoms with van der Waals surface area (Å²) in [6.07, 6.45) is -0.678. The van der Waals surface area contributed by atoms with Gasteiger partial charge in [0.1, 0.15) is 5.75 Å². The third-order valence-electron chi connectivity index (χ3n) is 2.20. The van der Waals surface area contributed by atoms with Crippen molar-refractivity contribution in [3.63, 3.8) is 0 Å². The summed E-state index contributed by atoms with van der Waals surface area (Å²) in [5.41, 5.74) is 0. The molecular formula is C14H20O3. The molecule has 17 heavy (non-hydrogen) atoms. The number of hydrogen-bond acceptors (Lipinski definition) is 3. The lowest BCUT2D eigenvalue weighted by molar-refractivity contribution is -0.157. The lowest BCUT2D eigenvalue weighted by atomic mass is 10.1. The Hall–Kier alpha value is -1.51. The van der Waals surface area contributed by atoms with Gasteiger partial charge in [0, 0.05) is 5.92 Å². The van der Waals surface area contributed by atoms with E-state index in [1.807, 2.05) is 58.0 Å². The van der Waals surface area contributed by atoms with Crippen LogP contribution in [0.3, 0.4) is 0 Å². The van der Waals surface area contributed by atoms with Crippen LogP contribution in [0.4, 0.5) is 0 Å². The van der Waals surface area contributed by atoms with Gasteiger partial charge in [0.2, 0.25) is 0 Å². The van der Waals surface area contributed by atoms with E-state index in [0.717, 1.165) is 0 Å². The highest BCUT2D eigenvalue weighted by molar-refractivity contribution is 5.75. The summed E-state index contributed by atoms with van der Waals surface area (Å²) in [5, 5.41) is 0. The predicted octanol–water partition coefficient (Wildman–Crippen LogP) is 3.04. The molecule has 0 amide bonds. The van der Waals surface area contributed by atoms with E-state index in [4.69, 9.17) is 9.47 Å². The second-order valence-corrected chi connectivity index (χ2v) is 4.58. The van der Waals surface area contributed by atoms with Crippen LogP contribution in [0.5, 0.6) is 5.75 Å². The molecule has 0 bridgehead atoms. The summed E-state index contributed by atoms with van der Waals surface area (Å²) in [6.45, 7) is 7.54. The number of carbonyl (C=O) groups is 1. The lowest BCUT2D eigenvalue weighted by Crippen LogP contribution is -2.35. The van der Waals surface area contributed by atoms with E-state index in [1.54, 1.807) is 0 Å². The van der Waals surface area contributed by atoms with Crippen LogP contribution in [0, 0.1) is 5.92 Å². The number of benzene rings is 1. The van der Waals surface area contributed by atoms with Gasteiger partial charge in [0.25, 0.3) is 0 Å². The minimum absolute atomic E-state index is 0.0708. The second kappa shape index (κ2) is 6.28. The lowest BCUT2D eigenvalue weighted by Gasteiger charge is -2.22. The topological polar surface area (TPSA) is 35.5 Å². The highest BCUT2D eigenvalue weighted by Gasteiger charge is 2.26. The van der Waals surface area contributed by atoms with Crippen LogP contribution in [0.2, 0.25) is 0 Å². The fourth-order valence-electron chi connectivity index (χ4n) is 1.40. The number of carbonyl (C=O) groups excluding carboxylic acids is 1. The van der Waals surface area contributed by atoms with Gasteiger partial charge in [0.05, 0.1) is 6.10 Å². The maximum Gasteiger partial charge on any atom is 0.347 e. The molecule has 1 aromatic rings. The molecule has 0 saturated carbocycles. The molecule has 0 aliphatic carbocycles. The molecule has 0 aromatic heterocycles. The molecule has 0 radical (unpaired) electrons. The van der Waals surface area contributed by atoms with Gasteiger partial charge < -0.3 is 9.47 Å². The highest BCUT2D eigenvalue weighted by atomic mass is 16.6. The molecule has 1 rings (SSSR count). The monoisotopic (exact) mass is 236 g/mol. The van der Waals surface area contributed by atoms with Crippen molar-refractivity contribution in [2.75, 3.05) is 0 Å². The van der Waals surface area contributed by atoms with E-state index in [9.17, 15) is 4.79 Å². The van der Waals surface area contributed by atoms with Crippen molar-refractivity contribution < 1.29 is 14.3 Å². The maximum absolute atomic E-state index is 11.9. The van der Waals surface area contributed by atoms with Crippen LogP contribution in [0.1, 0.15) is 27.7 Å². The van der Waals surface area contributed by atoms with Crippen molar-refractivity contribution in [1.82, 2.24) is 0 Å². The summed E-state index contributed by atoms with van der Waals surface area (Å²) < 4.78 is 10.8. The molecule has 0 heterocycles. The summed E-state index contributed by atoms with van der Waals surface area (Å²) in [4.78, 5) is 11.9. The van der Waals surface area contributed by atoms with E-state index in [1.165, 1.54) is 0 Å². The molecule has 3 heteroatoms. The van der Waals surface area contributed by atoms with Crippen LogP contribution in [-0.2, 0) is 9.53 Å². The van der Waals surface area contributed by atoms with Crippen LogP contribution >= 0.6 is 0 Å². The standard InChI is InChI=1S/C14H20O3/c1-10(2)13(14(15)16-11(3)4)17-12-8-6-5-7-9-12/h5-11,13H,1-4H3. The first-order chi connectivity index (χ1) is 8.00. The first-order valence-electron chi connectivity index (χ1n) is 5.93. The highest BCUT2D eigenvalue weighted by Crippen LogP contribution is 2.16. The second-order valence-electron chi connectivity index (χ2n) is 4.58. The van der Waals surface area contributed by atoms with E-state index < -0.39 is 6.10 Å². The third kappa shape index (κ3) is 4.47. The van der Waals surface area contributed by atoms with Gasteiger partial charge in [-0.3, -0.25) is 0 Å². The largest absolute Gasteiger partial charge is 0.478 e. The van der Waals surface area contributed by atoms with E-state index in [0.29, 0.717) is 5.75 Å². The number of para-hydroxylation sites is 1. The van der Waals surface area contributed by atoms with E-state index in [-0.39, 0.29) is 18.0 Å². The molecule has 1 unspecified atom stereocenters. The van der Waals surface area contributed by atoms with Gasteiger partial charge >= 0.3 is 5.97 Å². The predicted molar refractivity (Wildman–Crippen MR) is 66.9 cm³/mol. The molecule has 1 atom stereocenters. The van der Waals surface area contributed by atoms with Crippen molar-refractivity contribution in [3.8, 4) is 5.75 Å². The van der Waals surface area contributed by atoms with Crippen molar-refractivity contribution in [3.05, 3.63) is 30.3 Å². The zero-order chi connectivity index (χ0) is 12.8. The van der Waals surface area contributed by atoms with Crippen LogP contribution in [-0.4, -0.2) is 18.2 Å². The Kier molecular flexibility index (Phi) is 5.01. The summed E-state index contributed by atoms with van der Waals surface area (Å²) in [5.74, 6) is 0.451. The Bertz CT molecular complexity index is 344. The van der Waals surface area contributed by atoms with Crippen molar-refractivity contribution >= 4 is 5.97 Å². The Morgan fingerprint density at radius 3 is 2.12 bits per heavy atom. The Morgan fingerprint density at radius 2 is 1.65 bits per heavy atom. The Labute approximate surface area is 103 Å². The molecule has 0 aliphatic heterocycles. The van der Waals surface area contributed by atoms with Gasteiger partial charge in [-0.1, -0.05) is 32.0 Å². The quantitative estimate of drug-likeness (QED) is 0.737. The van der Waals surface area contributed by atoms with Gasteiger partial charge in [-0.05, 0) is 26.0 Å². The molecule has 1 aromatic carbocycles. The SMILES string of the molecule is CC(C)OC(=O)C(Oc1ccccc1)C(C)C. The number of ether oxygens (including phenoxy) is 2. The minimum atomic E-state index is -0.556. The van der Waals surface area contributed by atoms with Crippen molar-refractivity contribution in [2.24, 2.45) is 5.92 Å². The summed E-state index contributed by atoms with van der Waals surface area (Å²) in [7, 11) is 0. The number of hydrogen-bond donors (Lipinski definition) is 0. The molecule has 0 aliphatic rings. The normalized spacial score (nSPS) is 12.6. The maximum atomic E-state index is 11.9. The van der Waals surface area contributed by atoms with Gasteiger partial charge in [-0.25, -0.2) is 4.79 Å². The molecule has 0 fully saturated rings. The van der Waals surface area contributed by atoms with Crippen molar-refractivity contribution in [1.29, 1.82) is 0 Å². The zero-order valence-corrected chi connectivity index (χ0v) is 10.8. The Morgan fingerprint density at radius 1 is 1.06 bits per heavy atom. The average molecular weight is 236 g/mol. The fraction of sp³-hybridized carbons (Fsp3) is 0.500. The molecule has 0 saturated heterocycles. The molecule has 94 valence electrons. The molecule has 3 nitrogen and oxygen atoms in total. The van der Waals surface area contributed by atoms with Crippen molar-refractivity contribution in [2.45, 2.75) is 39.9 Å². The molecule has 0 N–H and O–H groups in total. The molecular weight excluding hydrogens is 216 g/mol. The number of esters is 1. The smallest absolute Gasteiger partial charge is 0.347 e. The molecule has 0 spiro atoms. The van der Waals surface area contributed by atoms with E-state index >= 15 is 0 Å². The Balaban J connectivity index is 2.70. The third-order valence-corrected chi connectivity index (χ3v) is 2.20. The van der Waals surface area contributed by atoms with Crippen LogP contribution in [0.15, 0.2) is 30.3 Å². The first-order valence-corrected chi connectivity index (χ1v) is 5.93. The first kappa shape index (κ1) is 13.6. The van der Waals surface area contributed by atoms with E-state index in [2.05, 4.69) is 0 Å². The van der Waals surface area contributed by atoms with Gasteiger partial charge in [-0.15, -0.1) is 0 Å². The van der Waals surface area contributed by atoms with Gasteiger partial charge in [0.15, 0.2) is 6.10 Å². The summed E-state index contributed by atoms with van der Waals surface area (Å²) >= 11 is 0. The minimum Gasteiger partial charge on any atom is -0.478 e.